The Labute approximate surface area is 47.6 Å². The van der Waals surface area contributed by atoms with Crippen LogP contribution in [0, 0.1) is 0 Å². The van der Waals surface area contributed by atoms with Crippen LogP contribution in [0.5, 0.6) is 0 Å². The lowest BCUT2D eigenvalue weighted by Crippen LogP contribution is -1.90. The molecule has 0 aliphatic rings. The first-order valence-corrected chi connectivity index (χ1v) is 5.02. The summed E-state index contributed by atoms with van der Waals surface area (Å²) >= 11 is 0. The summed E-state index contributed by atoms with van der Waals surface area (Å²) in [6.07, 6.45) is 1.31. The highest BCUT2D eigenvalue weighted by Gasteiger charge is 1.82. The van der Waals surface area contributed by atoms with Crippen LogP contribution in [0.1, 0.15) is 13.3 Å². The summed E-state index contributed by atoms with van der Waals surface area (Å²) in [6, 6.07) is 2.52. The fourth-order valence-corrected chi connectivity index (χ4v) is 1.62. The van der Waals surface area contributed by atoms with Gasteiger partial charge in [-0.3, -0.25) is 0 Å². The normalized spacial score (nSPS) is 11.1. The van der Waals surface area contributed by atoms with Gasteiger partial charge < -0.3 is 5.11 Å². The van der Waals surface area contributed by atoms with Crippen molar-refractivity contribution in [1.29, 1.82) is 0 Å². The van der Waals surface area contributed by atoms with Crippen molar-refractivity contribution in [2.24, 2.45) is 0 Å². The Hall–Kier alpha value is 0.177. The summed E-state index contributed by atoms with van der Waals surface area (Å²) in [5, 5.41) is 8.33. The van der Waals surface area contributed by atoms with Crippen LogP contribution < -0.4 is 0 Å². The molecule has 1 N–H and O–H groups in total. The first kappa shape index (κ1) is 7.18. The maximum absolute atomic E-state index is 8.33. The van der Waals surface area contributed by atoms with Gasteiger partial charge in [0.1, 0.15) is 0 Å². The van der Waals surface area contributed by atoms with Gasteiger partial charge in [0.15, 0.2) is 0 Å². The lowest BCUT2D eigenvalue weighted by Gasteiger charge is -1.89. The van der Waals surface area contributed by atoms with Crippen molar-refractivity contribution in [1.82, 2.24) is 0 Å². The Morgan fingerprint density at radius 1 is 1.43 bits per heavy atom. The predicted octanol–water partition coefficient (Wildman–Crippen LogP) is 0.394. The van der Waals surface area contributed by atoms with Gasteiger partial charge in [0.2, 0.25) is 0 Å². The molecule has 2 heteroatoms. The monoisotopic (exact) mass is 118 g/mol. The third-order valence-electron chi connectivity index (χ3n) is 1.01. The van der Waals surface area contributed by atoms with Gasteiger partial charge in [-0.05, 0) is 6.04 Å². The molecule has 0 radical (unpaired) electrons. The number of rotatable bonds is 4. The predicted molar refractivity (Wildman–Crippen MR) is 35.5 cm³/mol. The van der Waals surface area contributed by atoms with E-state index >= 15 is 0 Å². The number of aliphatic hydroxyl groups excluding tert-OH is 1. The number of hydrogen-bond donors (Lipinski definition) is 1. The lowest BCUT2D eigenvalue weighted by atomic mass is 10.6. The molecule has 0 fully saturated rings. The summed E-state index contributed by atoms with van der Waals surface area (Å²) in [5.74, 6) is 0. The second-order valence-electron chi connectivity index (χ2n) is 1.78. The fraction of sp³-hybridized carbons (Fsp3) is 1.00. The average Bonchev–Trinajstić information content (AvgIpc) is 1.69. The molecule has 0 aliphatic heterocycles. The standard InChI is InChI=1S/C5H14OSi/c1-2-4-7-5-3-6/h6H,2-5,7H2,1H3. The Morgan fingerprint density at radius 3 is 2.57 bits per heavy atom. The van der Waals surface area contributed by atoms with Gasteiger partial charge in [0.25, 0.3) is 0 Å². The van der Waals surface area contributed by atoms with Gasteiger partial charge in [-0.1, -0.05) is 19.4 Å². The zero-order valence-corrected chi connectivity index (χ0v) is 6.40. The van der Waals surface area contributed by atoms with E-state index in [1.54, 1.807) is 0 Å². The van der Waals surface area contributed by atoms with Crippen LogP contribution in [0.15, 0.2) is 0 Å². The molecule has 0 aromatic carbocycles. The Bertz CT molecular complexity index is 27.3. The third-order valence-corrected chi connectivity index (χ3v) is 3.04. The van der Waals surface area contributed by atoms with E-state index in [0.29, 0.717) is 6.61 Å². The zero-order chi connectivity index (χ0) is 5.54. The third kappa shape index (κ3) is 6.18. The minimum absolute atomic E-state index is 0.161. The van der Waals surface area contributed by atoms with E-state index in [9.17, 15) is 0 Å². The summed E-state index contributed by atoms with van der Waals surface area (Å²) in [6.45, 7) is 2.62. The van der Waals surface area contributed by atoms with Gasteiger partial charge in [-0.25, -0.2) is 0 Å². The summed E-state index contributed by atoms with van der Waals surface area (Å²) < 4.78 is 0. The molecule has 1 nitrogen and oxygen atoms in total. The molecule has 7 heavy (non-hydrogen) atoms. The molecule has 0 saturated heterocycles. The maximum atomic E-state index is 8.33. The highest BCUT2D eigenvalue weighted by atomic mass is 28.2. The van der Waals surface area contributed by atoms with Gasteiger partial charge in [0.05, 0.1) is 0 Å². The van der Waals surface area contributed by atoms with Crippen LogP contribution in [0.25, 0.3) is 0 Å². The first-order chi connectivity index (χ1) is 3.41. The van der Waals surface area contributed by atoms with Crippen molar-refractivity contribution >= 4 is 9.52 Å². The van der Waals surface area contributed by atoms with Crippen molar-refractivity contribution < 1.29 is 5.11 Å². The number of hydrogen-bond acceptors (Lipinski definition) is 1. The maximum Gasteiger partial charge on any atom is 0.0402 e. The van der Waals surface area contributed by atoms with Crippen molar-refractivity contribution in [3.63, 3.8) is 0 Å². The van der Waals surface area contributed by atoms with E-state index < -0.39 is 0 Å². The molecule has 0 bridgehead atoms. The molecule has 0 aromatic heterocycles. The molecule has 0 heterocycles. The largest absolute Gasteiger partial charge is 0.397 e. The molecule has 0 saturated carbocycles. The number of aliphatic hydroxyl groups is 1. The minimum atomic E-state index is 0.161. The first-order valence-electron chi connectivity index (χ1n) is 3.02. The van der Waals surface area contributed by atoms with E-state index in [0.717, 1.165) is 6.04 Å². The Morgan fingerprint density at radius 2 is 2.14 bits per heavy atom. The summed E-state index contributed by atoms with van der Waals surface area (Å²) in [4.78, 5) is 0. The van der Waals surface area contributed by atoms with Gasteiger partial charge in [0, 0.05) is 16.1 Å². The second-order valence-corrected chi connectivity index (χ2v) is 3.91. The molecule has 0 amide bonds. The summed E-state index contributed by atoms with van der Waals surface area (Å²) in [5.41, 5.74) is 0. The van der Waals surface area contributed by atoms with Crippen LogP contribution >= 0.6 is 0 Å². The molecule has 44 valence electrons. The van der Waals surface area contributed by atoms with E-state index in [1.807, 2.05) is 0 Å². The Kier molecular flexibility index (Phi) is 6.33. The van der Waals surface area contributed by atoms with E-state index in [-0.39, 0.29) is 9.52 Å². The van der Waals surface area contributed by atoms with Crippen LogP contribution in [-0.2, 0) is 0 Å². The van der Waals surface area contributed by atoms with Gasteiger partial charge in [-0.15, -0.1) is 0 Å². The highest BCUT2D eigenvalue weighted by molar-refractivity contribution is 6.35. The molecule has 0 atom stereocenters. The zero-order valence-electron chi connectivity index (χ0n) is 4.98. The Balaban J connectivity index is 2.45. The topological polar surface area (TPSA) is 20.2 Å². The average molecular weight is 118 g/mol. The van der Waals surface area contributed by atoms with Crippen molar-refractivity contribution in [2.75, 3.05) is 6.61 Å². The van der Waals surface area contributed by atoms with Crippen LogP contribution in [0.4, 0.5) is 0 Å². The molecule has 0 rings (SSSR count). The molecular weight excluding hydrogens is 104 g/mol. The van der Waals surface area contributed by atoms with E-state index in [4.69, 9.17) is 5.11 Å². The van der Waals surface area contributed by atoms with Crippen molar-refractivity contribution in [2.45, 2.75) is 25.4 Å². The van der Waals surface area contributed by atoms with Crippen LogP contribution in [0.3, 0.4) is 0 Å². The van der Waals surface area contributed by atoms with Crippen LogP contribution in [-0.4, -0.2) is 21.2 Å². The lowest BCUT2D eigenvalue weighted by molar-refractivity contribution is 0.318. The second kappa shape index (κ2) is 6.18. The highest BCUT2D eigenvalue weighted by Crippen LogP contribution is 1.87. The fourth-order valence-electron chi connectivity index (χ4n) is 0.539. The van der Waals surface area contributed by atoms with Crippen LogP contribution in [0.2, 0.25) is 12.1 Å². The molecule has 0 aliphatic carbocycles. The van der Waals surface area contributed by atoms with Crippen molar-refractivity contribution in [3.8, 4) is 0 Å². The van der Waals surface area contributed by atoms with E-state index in [2.05, 4.69) is 6.92 Å². The molecule has 0 aromatic rings. The molecule has 0 spiro atoms. The van der Waals surface area contributed by atoms with Gasteiger partial charge in [-0.2, -0.15) is 0 Å². The quantitative estimate of drug-likeness (QED) is 0.418. The SMILES string of the molecule is CCC[SiH2]CCO. The van der Waals surface area contributed by atoms with Crippen molar-refractivity contribution in [3.05, 3.63) is 0 Å². The summed E-state index contributed by atoms with van der Waals surface area (Å²) in [7, 11) is 0.161. The minimum Gasteiger partial charge on any atom is -0.397 e. The molecule has 0 unspecified atom stereocenters. The van der Waals surface area contributed by atoms with Gasteiger partial charge >= 0.3 is 0 Å². The molecular formula is C5H14OSi. The van der Waals surface area contributed by atoms with E-state index in [1.165, 1.54) is 12.5 Å². The smallest absolute Gasteiger partial charge is 0.0402 e.